The Hall–Kier alpha value is -6.46. The summed E-state index contributed by atoms with van der Waals surface area (Å²) < 4.78 is 35.9. The van der Waals surface area contributed by atoms with Gasteiger partial charge in [-0.1, -0.05) is 24.3 Å². The average Bonchev–Trinajstić information content (AvgIpc) is 3.75. The summed E-state index contributed by atoms with van der Waals surface area (Å²) in [5.74, 6) is -3.51. The molecule has 318 valence electrons. The lowest BCUT2D eigenvalue weighted by atomic mass is 9.81. The molecule has 0 spiro atoms. The molecule has 4 aromatic rings. The number of likely N-dealkylation sites (tertiary alicyclic amines) is 1. The zero-order valence-corrected chi connectivity index (χ0v) is 33.6. The van der Waals surface area contributed by atoms with E-state index in [1.165, 1.54) is 4.90 Å². The van der Waals surface area contributed by atoms with Gasteiger partial charge in [0.1, 0.15) is 28.8 Å². The second-order valence-corrected chi connectivity index (χ2v) is 16.2. The maximum Gasteiger partial charge on any atom is 0.407 e. The van der Waals surface area contributed by atoms with E-state index in [9.17, 15) is 24.0 Å². The zero-order valence-electron chi connectivity index (χ0n) is 33.6. The van der Waals surface area contributed by atoms with E-state index in [0.29, 0.717) is 73.3 Å². The first kappa shape index (κ1) is 43.1. The predicted molar refractivity (Wildman–Crippen MR) is 215 cm³/mol. The lowest BCUT2D eigenvalue weighted by Crippen LogP contribution is -2.48. The highest BCUT2D eigenvalue weighted by Crippen LogP contribution is 2.30. The highest BCUT2D eigenvalue weighted by molar-refractivity contribution is 5.98. The summed E-state index contributed by atoms with van der Waals surface area (Å²) in [6.07, 6.45) is 1.77. The average molecular weight is 830 g/mol. The van der Waals surface area contributed by atoms with E-state index in [1.54, 1.807) is 69.3 Å². The standard InChI is InChI=1S/C42H49F2N9O7/c1-42(2,3)60-40(57)45-23-25-6-10-28(11-7-25)37(54)48-34(38(55)46-30-14-12-27(13-15-30)36-49-51-52-50-36)20-24-4-8-26(9-5-24)29-21-32(43)35(33(44)22-29)39(56)47-31-16-18-53(19-17-31)41(58)59/h4-5,8-9,12-15,21-22,25,28,31,34H,6-7,10-11,16-20,23H2,1-3H3,(H,45,57)(H,46,55)(H,47,56)(H,48,54)(H,58,59)(H,49,50,51,52)/t25?,28?,34-/m0/s1. The molecule has 5 amide bonds. The summed E-state index contributed by atoms with van der Waals surface area (Å²) in [6.45, 7) is 6.22. The minimum atomic E-state index is -1.06. The van der Waals surface area contributed by atoms with Gasteiger partial charge in [0.2, 0.25) is 17.6 Å². The number of carboxylic acid groups (broad SMARTS) is 1. The summed E-state index contributed by atoms with van der Waals surface area (Å²) >= 11 is 0. The molecule has 0 bridgehead atoms. The summed E-state index contributed by atoms with van der Waals surface area (Å²) in [7, 11) is 0. The number of benzene rings is 3. The zero-order chi connectivity index (χ0) is 43.0. The molecule has 16 nitrogen and oxygen atoms in total. The van der Waals surface area contributed by atoms with E-state index >= 15 is 8.78 Å². The number of carbonyl (C=O) groups is 5. The van der Waals surface area contributed by atoms with Gasteiger partial charge in [-0.15, -0.1) is 10.2 Å². The number of nitrogens with zero attached hydrogens (tertiary/aromatic N) is 4. The highest BCUT2D eigenvalue weighted by Gasteiger charge is 2.31. The Kier molecular flexibility index (Phi) is 13.7. The van der Waals surface area contributed by atoms with E-state index < -0.39 is 58.9 Å². The fourth-order valence-electron chi connectivity index (χ4n) is 7.38. The number of halogens is 2. The number of hydrogen-bond acceptors (Lipinski definition) is 9. The number of ether oxygens (including phenoxy) is 1. The van der Waals surface area contributed by atoms with Crippen LogP contribution in [0.3, 0.4) is 0 Å². The number of H-pyrrole nitrogens is 1. The summed E-state index contributed by atoms with van der Waals surface area (Å²) in [5, 5.41) is 34.3. The van der Waals surface area contributed by atoms with Crippen molar-refractivity contribution in [1.82, 2.24) is 41.5 Å². The first-order valence-electron chi connectivity index (χ1n) is 19.9. The summed E-state index contributed by atoms with van der Waals surface area (Å²) in [5.41, 5.74) is 1.12. The highest BCUT2D eigenvalue weighted by atomic mass is 19.1. The number of aromatic nitrogens is 4. The third-order valence-electron chi connectivity index (χ3n) is 10.6. The van der Waals surface area contributed by atoms with Crippen molar-refractivity contribution in [3.8, 4) is 22.5 Å². The lowest BCUT2D eigenvalue weighted by molar-refractivity contribution is -0.130. The number of alkyl carbamates (subject to hydrolysis) is 1. The fourth-order valence-corrected chi connectivity index (χ4v) is 7.38. The molecule has 60 heavy (non-hydrogen) atoms. The van der Waals surface area contributed by atoms with E-state index in [1.807, 2.05) is 0 Å². The van der Waals surface area contributed by atoms with E-state index in [-0.39, 0.29) is 42.8 Å². The Morgan fingerprint density at radius 1 is 0.883 bits per heavy atom. The minimum absolute atomic E-state index is 0.0984. The van der Waals surface area contributed by atoms with Gasteiger partial charge in [-0.05, 0) is 124 Å². The van der Waals surface area contributed by atoms with Gasteiger partial charge in [0.05, 0.1) is 0 Å². The van der Waals surface area contributed by atoms with E-state index in [2.05, 4.69) is 41.9 Å². The topological polar surface area (TPSA) is 221 Å². The van der Waals surface area contributed by atoms with Gasteiger partial charge in [-0.3, -0.25) is 14.4 Å². The molecule has 2 aliphatic rings. The molecule has 2 heterocycles. The fraction of sp³-hybridized carbons (Fsp3) is 0.429. The normalized spacial score (nSPS) is 17.6. The number of nitrogens with one attached hydrogen (secondary N) is 5. The summed E-state index contributed by atoms with van der Waals surface area (Å²) in [4.78, 5) is 64.9. The number of piperidine rings is 1. The molecule has 1 atom stereocenters. The largest absolute Gasteiger partial charge is 0.465 e. The van der Waals surface area contributed by atoms with Crippen LogP contribution in [0.1, 0.15) is 75.2 Å². The molecular formula is C42H49F2N9O7. The van der Waals surface area contributed by atoms with Crippen molar-refractivity contribution in [3.05, 3.63) is 83.4 Å². The van der Waals surface area contributed by atoms with Gasteiger partial charge in [-0.2, -0.15) is 5.21 Å². The molecule has 18 heteroatoms. The molecule has 3 aromatic carbocycles. The SMILES string of the molecule is CC(C)(C)OC(=O)NCC1CCC(C(=O)N[C@@H](Cc2ccc(-c3cc(F)c(C(=O)NC4CCN(C(=O)O)CC4)c(F)c3)cc2)C(=O)Nc2ccc(-c3nn[nH]n3)cc2)CC1. The van der Waals surface area contributed by atoms with Gasteiger partial charge >= 0.3 is 12.2 Å². The maximum absolute atomic E-state index is 15.3. The number of aromatic amines is 1. The monoisotopic (exact) mass is 829 g/mol. The van der Waals surface area contributed by atoms with Crippen LogP contribution in [-0.2, 0) is 20.7 Å². The Labute approximate surface area is 345 Å². The van der Waals surface area contributed by atoms with Crippen LogP contribution in [-0.4, -0.2) is 97.9 Å². The second-order valence-electron chi connectivity index (χ2n) is 16.2. The predicted octanol–water partition coefficient (Wildman–Crippen LogP) is 5.68. The van der Waals surface area contributed by atoms with Crippen molar-refractivity contribution in [2.24, 2.45) is 11.8 Å². The second kappa shape index (κ2) is 19.1. The smallest absolute Gasteiger partial charge is 0.407 e. The van der Waals surface area contributed by atoms with Crippen molar-refractivity contribution in [3.63, 3.8) is 0 Å². The maximum atomic E-state index is 15.3. The molecule has 6 rings (SSSR count). The molecule has 1 saturated heterocycles. The van der Waals surface area contributed by atoms with Crippen molar-refractivity contribution < 1.29 is 42.6 Å². The lowest BCUT2D eigenvalue weighted by Gasteiger charge is -2.30. The minimum Gasteiger partial charge on any atom is -0.465 e. The Morgan fingerprint density at radius 3 is 2.10 bits per heavy atom. The van der Waals surface area contributed by atoms with Crippen LogP contribution in [0, 0.1) is 23.5 Å². The number of rotatable bonds is 12. The number of carbonyl (C=O) groups excluding carboxylic acids is 4. The Balaban J connectivity index is 1.11. The van der Waals surface area contributed by atoms with Crippen LogP contribution in [0.5, 0.6) is 0 Å². The van der Waals surface area contributed by atoms with E-state index in [4.69, 9.17) is 9.84 Å². The molecule has 0 unspecified atom stereocenters. The quantitative estimate of drug-likeness (QED) is 0.103. The molecule has 1 saturated carbocycles. The number of tetrazole rings is 1. The molecule has 1 aliphatic carbocycles. The Bertz CT molecular complexity index is 2120. The van der Waals surface area contributed by atoms with Gasteiger partial charge < -0.3 is 36.0 Å². The van der Waals surface area contributed by atoms with Crippen molar-refractivity contribution in [2.45, 2.75) is 83.4 Å². The molecule has 1 aliphatic heterocycles. The van der Waals surface area contributed by atoms with Gasteiger partial charge in [-0.25, -0.2) is 18.4 Å². The van der Waals surface area contributed by atoms with Crippen LogP contribution >= 0.6 is 0 Å². The van der Waals surface area contributed by atoms with Crippen LogP contribution in [0.4, 0.5) is 24.1 Å². The number of hydrogen-bond donors (Lipinski definition) is 6. The van der Waals surface area contributed by atoms with Crippen LogP contribution in [0.25, 0.3) is 22.5 Å². The van der Waals surface area contributed by atoms with Crippen molar-refractivity contribution in [2.75, 3.05) is 25.0 Å². The van der Waals surface area contributed by atoms with Gasteiger partial charge in [0, 0.05) is 49.3 Å². The van der Waals surface area contributed by atoms with E-state index in [0.717, 1.165) is 12.1 Å². The van der Waals surface area contributed by atoms with Crippen molar-refractivity contribution >= 4 is 35.6 Å². The Morgan fingerprint density at radius 2 is 1.52 bits per heavy atom. The number of amides is 5. The van der Waals surface area contributed by atoms with Gasteiger partial charge in [0.25, 0.3) is 5.91 Å². The molecule has 2 fully saturated rings. The van der Waals surface area contributed by atoms with Crippen LogP contribution in [0.2, 0.25) is 0 Å². The first-order chi connectivity index (χ1) is 28.6. The van der Waals surface area contributed by atoms with Crippen LogP contribution < -0.4 is 21.3 Å². The molecule has 6 N–H and O–H groups in total. The molecule has 1 aromatic heterocycles. The third-order valence-corrected chi connectivity index (χ3v) is 10.6. The number of anilines is 1. The molecular weight excluding hydrogens is 781 g/mol. The van der Waals surface area contributed by atoms with Crippen LogP contribution in [0.15, 0.2) is 60.7 Å². The van der Waals surface area contributed by atoms with Crippen molar-refractivity contribution in [1.29, 1.82) is 0 Å². The molecule has 0 radical (unpaired) electrons. The third kappa shape index (κ3) is 11.6. The first-order valence-corrected chi connectivity index (χ1v) is 19.9. The summed E-state index contributed by atoms with van der Waals surface area (Å²) in [6, 6.07) is 14.2. The van der Waals surface area contributed by atoms with Gasteiger partial charge in [0.15, 0.2) is 0 Å².